The van der Waals surface area contributed by atoms with Gasteiger partial charge in [-0.25, -0.2) is 4.98 Å². The highest BCUT2D eigenvalue weighted by Gasteiger charge is 2.44. The van der Waals surface area contributed by atoms with Crippen molar-refractivity contribution in [3.63, 3.8) is 0 Å². The van der Waals surface area contributed by atoms with Gasteiger partial charge in [0, 0.05) is 6.20 Å². The van der Waals surface area contributed by atoms with Gasteiger partial charge in [0.25, 0.3) is 17.7 Å². The molecule has 32 heavy (non-hydrogen) atoms. The van der Waals surface area contributed by atoms with E-state index in [4.69, 9.17) is 0 Å². The second kappa shape index (κ2) is 9.14. The van der Waals surface area contributed by atoms with Gasteiger partial charge in [-0.3, -0.25) is 24.2 Å². The maximum Gasteiger partial charge on any atom is 0.262 e. The maximum absolute atomic E-state index is 14.0. The Bertz CT molecular complexity index is 1090. The van der Waals surface area contributed by atoms with Gasteiger partial charge in [-0.05, 0) is 42.2 Å². The summed E-state index contributed by atoms with van der Waals surface area (Å²) in [4.78, 5) is 47.4. The molecule has 0 spiro atoms. The van der Waals surface area contributed by atoms with Crippen molar-refractivity contribution in [1.29, 1.82) is 0 Å². The minimum Gasteiger partial charge on any atom is -0.291 e. The molecule has 0 radical (unpaired) electrons. The summed E-state index contributed by atoms with van der Waals surface area (Å²) in [6.45, 7) is 4.23. The Morgan fingerprint density at radius 3 is 2.03 bits per heavy atom. The first-order valence-electron chi connectivity index (χ1n) is 10.7. The minimum absolute atomic E-state index is 0.0931. The fraction of sp³-hybridized carbons (Fsp3) is 0.231. The van der Waals surface area contributed by atoms with Gasteiger partial charge in [0.05, 0.1) is 17.7 Å². The number of pyridine rings is 1. The number of carbonyl (C=O) groups excluding carboxylic acids is 3. The standard InChI is InChI=1S/C26H25N3O3/c1-18(2)16-22(29-24(30)20-12-6-7-13-21(20)25(29)31)26(32)28(23-14-8-9-15-27-23)17-19-10-4-3-5-11-19/h3-15,18,22H,16-17H2,1-2H3. The van der Waals surface area contributed by atoms with Crippen LogP contribution in [0.1, 0.15) is 46.5 Å². The van der Waals surface area contributed by atoms with Gasteiger partial charge in [-0.1, -0.05) is 62.4 Å². The monoisotopic (exact) mass is 427 g/mol. The highest BCUT2D eigenvalue weighted by Crippen LogP contribution is 2.29. The van der Waals surface area contributed by atoms with Crippen LogP contribution in [0.4, 0.5) is 5.82 Å². The average molecular weight is 428 g/mol. The average Bonchev–Trinajstić information content (AvgIpc) is 3.07. The number of fused-ring (bicyclic) bond motifs is 1. The van der Waals surface area contributed by atoms with Crippen LogP contribution in [0, 0.1) is 5.92 Å². The van der Waals surface area contributed by atoms with Crippen LogP contribution in [0.3, 0.4) is 0 Å². The van der Waals surface area contributed by atoms with Crippen LogP contribution in [-0.4, -0.2) is 33.6 Å². The Kier molecular flexibility index (Phi) is 6.12. The topological polar surface area (TPSA) is 70.6 Å². The lowest BCUT2D eigenvalue weighted by atomic mass is 10.0. The number of rotatable bonds is 7. The molecule has 0 fully saturated rings. The molecule has 4 rings (SSSR count). The van der Waals surface area contributed by atoms with E-state index in [1.807, 2.05) is 50.2 Å². The van der Waals surface area contributed by atoms with Gasteiger partial charge in [0.2, 0.25) is 0 Å². The number of benzene rings is 2. The van der Waals surface area contributed by atoms with Gasteiger partial charge in [-0.2, -0.15) is 0 Å². The molecule has 162 valence electrons. The van der Waals surface area contributed by atoms with E-state index in [2.05, 4.69) is 4.98 Å². The molecule has 0 aliphatic carbocycles. The van der Waals surface area contributed by atoms with Crippen LogP contribution in [0.25, 0.3) is 0 Å². The van der Waals surface area contributed by atoms with E-state index in [1.54, 1.807) is 47.5 Å². The normalized spacial score (nSPS) is 13.9. The zero-order chi connectivity index (χ0) is 22.7. The molecule has 2 aromatic carbocycles. The number of anilines is 1. The van der Waals surface area contributed by atoms with Crippen LogP contribution in [0.15, 0.2) is 79.0 Å². The summed E-state index contributed by atoms with van der Waals surface area (Å²) in [5, 5.41) is 0. The van der Waals surface area contributed by atoms with Crippen LogP contribution in [0.5, 0.6) is 0 Å². The van der Waals surface area contributed by atoms with Crippen LogP contribution in [0.2, 0.25) is 0 Å². The van der Waals surface area contributed by atoms with Crippen molar-refractivity contribution in [3.8, 4) is 0 Å². The molecule has 1 aromatic heterocycles. The third-order valence-corrected chi connectivity index (χ3v) is 5.49. The van der Waals surface area contributed by atoms with E-state index in [0.717, 1.165) is 10.5 Å². The Hall–Kier alpha value is -3.80. The zero-order valence-electron chi connectivity index (χ0n) is 18.1. The minimum atomic E-state index is -0.923. The van der Waals surface area contributed by atoms with Gasteiger partial charge in [0.15, 0.2) is 0 Å². The fourth-order valence-electron chi connectivity index (χ4n) is 3.99. The van der Waals surface area contributed by atoms with E-state index >= 15 is 0 Å². The number of imide groups is 1. The number of nitrogens with zero attached hydrogens (tertiary/aromatic N) is 3. The van der Waals surface area contributed by atoms with Crippen molar-refractivity contribution in [2.75, 3.05) is 4.90 Å². The summed E-state index contributed by atoms with van der Waals surface area (Å²) >= 11 is 0. The molecular weight excluding hydrogens is 402 g/mol. The number of hydrogen-bond donors (Lipinski definition) is 0. The predicted octanol–water partition coefficient (Wildman–Crippen LogP) is 4.33. The lowest BCUT2D eigenvalue weighted by Gasteiger charge is -2.32. The van der Waals surface area contributed by atoms with Crippen LogP contribution in [-0.2, 0) is 11.3 Å². The second-order valence-electron chi connectivity index (χ2n) is 8.27. The van der Waals surface area contributed by atoms with E-state index in [1.165, 1.54) is 0 Å². The molecule has 1 aliphatic rings. The fourth-order valence-corrected chi connectivity index (χ4v) is 3.99. The van der Waals surface area contributed by atoms with Gasteiger partial charge in [-0.15, -0.1) is 0 Å². The van der Waals surface area contributed by atoms with E-state index in [9.17, 15) is 14.4 Å². The van der Waals surface area contributed by atoms with E-state index in [0.29, 0.717) is 23.4 Å². The third kappa shape index (κ3) is 4.17. The second-order valence-corrected chi connectivity index (χ2v) is 8.27. The Morgan fingerprint density at radius 2 is 1.47 bits per heavy atom. The number of carbonyl (C=O) groups is 3. The summed E-state index contributed by atoms with van der Waals surface area (Å²) in [6, 6.07) is 20.7. The highest BCUT2D eigenvalue weighted by atomic mass is 16.2. The molecule has 0 N–H and O–H groups in total. The van der Waals surface area contributed by atoms with Crippen molar-refractivity contribution in [3.05, 3.63) is 95.7 Å². The van der Waals surface area contributed by atoms with Crippen molar-refractivity contribution in [2.45, 2.75) is 32.9 Å². The van der Waals surface area contributed by atoms with Crippen LogP contribution < -0.4 is 4.90 Å². The molecule has 1 unspecified atom stereocenters. The highest BCUT2D eigenvalue weighted by molar-refractivity contribution is 6.23. The molecule has 3 amide bonds. The lowest BCUT2D eigenvalue weighted by Crippen LogP contribution is -2.51. The SMILES string of the molecule is CC(C)CC(C(=O)N(Cc1ccccc1)c1ccccn1)N1C(=O)c2ccccc2C1=O. The first kappa shape index (κ1) is 21.4. The lowest BCUT2D eigenvalue weighted by molar-refractivity contribution is -0.123. The van der Waals surface area contributed by atoms with Crippen LogP contribution >= 0.6 is 0 Å². The summed E-state index contributed by atoms with van der Waals surface area (Å²) in [6.07, 6.45) is 1.99. The Morgan fingerprint density at radius 1 is 0.875 bits per heavy atom. The Balaban J connectivity index is 1.73. The predicted molar refractivity (Wildman–Crippen MR) is 122 cm³/mol. The number of hydrogen-bond acceptors (Lipinski definition) is 4. The molecule has 1 atom stereocenters. The number of amides is 3. The molecule has 6 heteroatoms. The van der Waals surface area contributed by atoms with E-state index < -0.39 is 17.9 Å². The largest absolute Gasteiger partial charge is 0.291 e. The Labute approximate surface area is 187 Å². The molecule has 3 aromatic rings. The maximum atomic E-state index is 14.0. The molecule has 0 saturated heterocycles. The zero-order valence-corrected chi connectivity index (χ0v) is 18.1. The molecule has 1 aliphatic heterocycles. The number of aromatic nitrogens is 1. The van der Waals surface area contributed by atoms with Gasteiger partial charge >= 0.3 is 0 Å². The first-order chi connectivity index (χ1) is 15.5. The summed E-state index contributed by atoms with van der Waals surface area (Å²) < 4.78 is 0. The first-order valence-corrected chi connectivity index (χ1v) is 10.7. The van der Waals surface area contributed by atoms with Crippen molar-refractivity contribution in [2.24, 2.45) is 5.92 Å². The summed E-state index contributed by atoms with van der Waals surface area (Å²) in [5.41, 5.74) is 1.61. The molecule has 0 saturated carbocycles. The molecule has 0 bridgehead atoms. The van der Waals surface area contributed by atoms with Crippen molar-refractivity contribution >= 4 is 23.5 Å². The van der Waals surface area contributed by atoms with E-state index in [-0.39, 0.29) is 18.4 Å². The smallest absolute Gasteiger partial charge is 0.262 e. The third-order valence-electron chi connectivity index (χ3n) is 5.49. The molecule has 2 heterocycles. The summed E-state index contributed by atoms with van der Waals surface area (Å²) in [5.74, 6) is -0.603. The summed E-state index contributed by atoms with van der Waals surface area (Å²) in [7, 11) is 0. The van der Waals surface area contributed by atoms with Crippen molar-refractivity contribution in [1.82, 2.24) is 9.88 Å². The van der Waals surface area contributed by atoms with Crippen molar-refractivity contribution < 1.29 is 14.4 Å². The van der Waals surface area contributed by atoms with Gasteiger partial charge in [0.1, 0.15) is 11.9 Å². The van der Waals surface area contributed by atoms with Gasteiger partial charge < -0.3 is 0 Å². The molecule has 6 nitrogen and oxygen atoms in total. The quantitative estimate of drug-likeness (QED) is 0.527. The molecular formula is C26H25N3O3.